The predicted molar refractivity (Wildman–Crippen MR) is 67.6 cm³/mol. The number of hydrogen-bond donors (Lipinski definition) is 1. The molecule has 1 rings (SSSR count). The molecule has 0 fully saturated rings. The van der Waals surface area contributed by atoms with E-state index in [0.717, 1.165) is 12.1 Å². The Balaban J connectivity index is 2.47. The van der Waals surface area contributed by atoms with Crippen molar-refractivity contribution in [3.8, 4) is 6.07 Å². The van der Waals surface area contributed by atoms with E-state index in [1.54, 1.807) is 0 Å². The number of benzene rings is 1. The number of carbonyl (C=O) groups is 2. The third kappa shape index (κ3) is 5.06. The largest absolute Gasteiger partial charge is 0.452 e. The first-order valence-electron chi connectivity index (χ1n) is 5.30. The summed E-state index contributed by atoms with van der Waals surface area (Å²) < 4.78 is 17.8. The molecule has 0 saturated carbocycles. The van der Waals surface area contributed by atoms with Crippen LogP contribution in [0.3, 0.4) is 0 Å². The number of nitriles is 1. The molecule has 0 aromatic heterocycles. The fraction of sp³-hybridized carbons (Fsp3) is 0.250. The van der Waals surface area contributed by atoms with E-state index in [0.29, 0.717) is 0 Å². The number of ether oxygens (including phenoxy) is 1. The zero-order valence-corrected chi connectivity index (χ0v) is 11.4. The van der Waals surface area contributed by atoms with Gasteiger partial charge in [0.05, 0.1) is 18.1 Å². The minimum Gasteiger partial charge on any atom is -0.452 e. The molecule has 19 heavy (non-hydrogen) atoms. The molecule has 0 aliphatic heterocycles. The Bertz CT molecular complexity index is 528. The van der Waals surface area contributed by atoms with Gasteiger partial charge < -0.3 is 10.1 Å². The zero-order valence-electron chi connectivity index (χ0n) is 9.78. The van der Waals surface area contributed by atoms with Gasteiger partial charge in [0.1, 0.15) is 5.82 Å². The zero-order chi connectivity index (χ0) is 14.3. The summed E-state index contributed by atoms with van der Waals surface area (Å²) in [6.07, 6.45) is 0.184. The van der Waals surface area contributed by atoms with Gasteiger partial charge in [-0.05, 0) is 34.1 Å². The quantitative estimate of drug-likeness (QED) is 0.660. The molecule has 0 aliphatic carbocycles. The number of halogens is 2. The Morgan fingerprint density at radius 3 is 2.84 bits per heavy atom. The molecule has 0 spiro atoms. The SMILES string of the molecule is N#CCCNC(=O)COC(=O)c1ccc(F)cc1Br. The normalized spacial score (nSPS) is 9.53. The van der Waals surface area contributed by atoms with E-state index in [-0.39, 0.29) is 23.0 Å². The van der Waals surface area contributed by atoms with Gasteiger partial charge in [0, 0.05) is 11.0 Å². The van der Waals surface area contributed by atoms with Crippen LogP contribution in [0.25, 0.3) is 0 Å². The Morgan fingerprint density at radius 2 is 2.21 bits per heavy atom. The molecule has 5 nitrogen and oxygen atoms in total. The summed E-state index contributed by atoms with van der Waals surface area (Å²) in [5.74, 6) is -1.72. The van der Waals surface area contributed by atoms with Crippen LogP contribution >= 0.6 is 15.9 Å². The summed E-state index contributed by atoms with van der Waals surface area (Å²) in [4.78, 5) is 22.8. The van der Waals surface area contributed by atoms with Gasteiger partial charge in [0.15, 0.2) is 6.61 Å². The molecule has 0 atom stereocenters. The predicted octanol–water partition coefficient (Wildman–Crippen LogP) is 1.77. The molecule has 1 aromatic carbocycles. The number of hydrogen-bond acceptors (Lipinski definition) is 4. The van der Waals surface area contributed by atoms with Gasteiger partial charge in [-0.15, -0.1) is 0 Å². The second kappa shape index (κ2) is 7.48. The molecule has 0 bridgehead atoms. The van der Waals surface area contributed by atoms with Crippen LogP contribution in [-0.4, -0.2) is 25.0 Å². The molecule has 0 saturated heterocycles. The minimum atomic E-state index is -0.734. The molecule has 0 unspecified atom stereocenters. The maximum absolute atomic E-state index is 12.8. The Labute approximate surface area is 117 Å². The van der Waals surface area contributed by atoms with Gasteiger partial charge in [0.25, 0.3) is 5.91 Å². The summed E-state index contributed by atoms with van der Waals surface area (Å²) in [6, 6.07) is 5.37. The molecule has 1 N–H and O–H groups in total. The van der Waals surface area contributed by atoms with Crippen molar-refractivity contribution in [1.82, 2.24) is 5.32 Å². The summed E-state index contributed by atoms with van der Waals surface area (Å²) >= 11 is 3.03. The number of amides is 1. The standard InChI is InChI=1S/C12H10BrFN2O3/c13-10-6-8(14)2-3-9(10)12(18)19-7-11(17)16-5-1-4-15/h2-3,6H,1,5,7H2,(H,16,17). The minimum absolute atomic E-state index is 0.131. The van der Waals surface area contributed by atoms with Crippen molar-refractivity contribution in [3.63, 3.8) is 0 Å². The van der Waals surface area contributed by atoms with Crippen molar-refractivity contribution in [3.05, 3.63) is 34.1 Å². The summed E-state index contributed by atoms with van der Waals surface area (Å²) in [7, 11) is 0. The van der Waals surface area contributed by atoms with Crippen LogP contribution in [-0.2, 0) is 9.53 Å². The van der Waals surface area contributed by atoms with Crippen LogP contribution in [0, 0.1) is 17.1 Å². The highest BCUT2D eigenvalue weighted by Gasteiger charge is 2.13. The third-order valence-corrected chi connectivity index (χ3v) is 2.70. The molecule has 100 valence electrons. The maximum Gasteiger partial charge on any atom is 0.339 e. The van der Waals surface area contributed by atoms with Crippen LogP contribution in [0.1, 0.15) is 16.8 Å². The number of esters is 1. The fourth-order valence-corrected chi connectivity index (χ4v) is 1.69. The van der Waals surface area contributed by atoms with Crippen LogP contribution in [0.5, 0.6) is 0 Å². The number of carbonyl (C=O) groups excluding carboxylic acids is 2. The molecule has 1 aromatic rings. The van der Waals surface area contributed by atoms with Crippen molar-refractivity contribution in [1.29, 1.82) is 5.26 Å². The van der Waals surface area contributed by atoms with Gasteiger partial charge in [0.2, 0.25) is 0 Å². The smallest absolute Gasteiger partial charge is 0.339 e. The van der Waals surface area contributed by atoms with Crippen molar-refractivity contribution in [2.24, 2.45) is 0 Å². The molecular formula is C12H10BrFN2O3. The van der Waals surface area contributed by atoms with Crippen molar-refractivity contribution < 1.29 is 18.7 Å². The van der Waals surface area contributed by atoms with Gasteiger partial charge >= 0.3 is 5.97 Å². The molecule has 0 radical (unpaired) electrons. The van der Waals surface area contributed by atoms with E-state index in [1.807, 2.05) is 6.07 Å². The van der Waals surface area contributed by atoms with E-state index < -0.39 is 24.3 Å². The van der Waals surface area contributed by atoms with Gasteiger partial charge in [-0.3, -0.25) is 4.79 Å². The summed E-state index contributed by atoms with van der Waals surface area (Å²) in [5, 5.41) is 10.7. The van der Waals surface area contributed by atoms with E-state index in [1.165, 1.54) is 6.07 Å². The van der Waals surface area contributed by atoms with Crippen molar-refractivity contribution in [2.75, 3.05) is 13.2 Å². The van der Waals surface area contributed by atoms with E-state index in [9.17, 15) is 14.0 Å². The Kier molecular flexibility index (Phi) is 5.96. The second-order valence-electron chi connectivity index (χ2n) is 3.46. The molecule has 0 heterocycles. The van der Waals surface area contributed by atoms with Crippen LogP contribution in [0.15, 0.2) is 22.7 Å². The van der Waals surface area contributed by atoms with Gasteiger partial charge in [-0.2, -0.15) is 5.26 Å². The summed E-state index contributed by atoms with van der Waals surface area (Å²) in [5.41, 5.74) is 0.131. The molecule has 0 aliphatic rings. The van der Waals surface area contributed by atoms with Crippen molar-refractivity contribution >= 4 is 27.8 Å². The highest BCUT2D eigenvalue weighted by Crippen LogP contribution is 2.18. The number of nitrogens with zero attached hydrogens (tertiary/aromatic N) is 1. The van der Waals surface area contributed by atoms with E-state index in [4.69, 9.17) is 10.00 Å². The van der Waals surface area contributed by atoms with E-state index >= 15 is 0 Å². The average molecular weight is 329 g/mol. The summed E-state index contributed by atoms with van der Waals surface area (Å²) in [6.45, 7) is -0.249. The number of rotatable bonds is 5. The van der Waals surface area contributed by atoms with Crippen LogP contribution in [0.4, 0.5) is 4.39 Å². The van der Waals surface area contributed by atoms with Crippen LogP contribution in [0.2, 0.25) is 0 Å². The lowest BCUT2D eigenvalue weighted by atomic mass is 10.2. The first kappa shape index (κ1) is 15.1. The molecule has 1 amide bonds. The first-order valence-corrected chi connectivity index (χ1v) is 6.09. The first-order chi connectivity index (χ1) is 9.04. The molecular weight excluding hydrogens is 319 g/mol. The Morgan fingerprint density at radius 1 is 1.47 bits per heavy atom. The lowest BCUT2D eigenvalue weighted by Crippen LogP contribution is -2.29. The van der Waals surface area contributed by atoms with Crippen LogP contribution < -0.4 is 5.32 Å². The Hall–Kier alpha value is -1.94. The molecule has 7 heteroatoms. The van der Waals surface area contributed by atoms with Gasteiger partial charge in [-0.25, -0.2) is 9.18 Å². The lowest BCUT2D eigenvalue weighted by Gasteiger charge is -2.06. The lowest BCUT2D eigenvalue weighted by molar-refractivity contribution is -0.124. The van der Waals surface area contributed by atoms with E-state index in [2.05, 4.69) is 21.2 Å². The average Bonchev–Trinajstić information content (AvgIpc) is 2.36. The third-order valence-electron chi connectivity index (χ3n) is 2.04. The second-order valence-corrected chi connectivity index (χ2v) is 4.31. The highest BCUT2D eigenvalue weighted by molar-refractivity contribution is 9.10. The monoisotopic (exact) mass is 328 g/mol. The topological polar surface area (TPSA) is 79.2 Å². The van der Waals surface area contributed by atoms with Crippen molar-refractivity contribution in [2.45, 2.75) is 6.42 Å². The number of nitrogens with one attached hydrogen (secondary N) is 1. The maximum atomic E-state index is 12.8. The highest BCUT2D eigenvalue weighted by atomic mass is 79.9. The fourth-order valence-electron chi connectivity index (χ4n) is 1.17. The van der Waals surface area contributed by atoms with Gasteiger partial charge in [-0.1, -0.05) is 0 Å².